The van der Waals surface area contributed by atoms with Crippen molar-refractivity contribution < 1.29 is 4.79 Å². The second kappa shape index (κ2) is 5.82. The number of rotatable bonds is 4. The normalized spacial score (nSPS) is 10.7. The van der Waals surface area contributed by atoms with E-state index in [1.807, 2.05) is 12.1 Å². The number of aromatic nitrogens is 2. The van der Waals surface area contributed by atoms with Crippen LogP contribution in [0.15, 0.2) is 42.6 Å². The minimum atomic E-state index is -0.182. The van der Waals surface area contributed by atoms with E-state index in [1.165, 1.54) is 11.6 Å². The van der Waals surface area contributed by atoms with Gasteiger partial charge in [0.25, 0.3) is 0 Å². The summed E-state index contributed by atoms with van der Waals surface area (Å²) in [6.07, 6.45) is 5.89. The molecule has 0 unspecified atom stereocenters. The van der Waals surface area contributed by atoms with Gasteiger partial charge in [0.05, 0.1) is 6.20 Å². The first-order chi connectivity index (χ1) is 8.78. The Balaban J connectivity index is 1.95. The van der Waals surface area contributed by atoms with Gasteiger partial charge in [0, 0.05) is 12.1 Å². The van der Waals surface area contributed by atoms with Crippen LogP contribution >= 0.6 is 0 Å². The van der Waals surface area contributed by atoms with Gasteiger partial charge in [-0.15, -0.1) is 0 Å². The predicted octanol–water partition coefficient (Wildman–Crippen LogP) is 2.62. The molecule has 2 N–H and O–H groups in total. The third kappa shape index (κ3) is 3.31. The summed E-state index contributed by atoms with van der Waals surface area (Å²) < 4.78 is 0. The van der Waals surface area contributed by atoms with Crippen molar-refractivity contribution in [2.45, 2.75) is 13.3 Å². The van der Waals surface area contributed by atoms with Crippen LogP contribution in [0, 0.1) is 0 Å². The second-order valence-corrected chi connectivity index (χ2v) is 3.89. The van der Waals surface area contributed by atoms with Crippen molar-refractivity contribution in [3.63, 3.8) is 0 Å². The van der Waals surface area contributed by atoms with Gasteiger partial charge in [0.1, 0.15) is 5.82 Å². The maximum atomic E-state index is 11.6. The molecule has 18 heavy (non-hydrogen) atoms. The van der Waals surface area contributed by atoms with Crippen LogP contribution in [0.1, 0.15) is 18.1 Å². The maximum absolute atomic E-state index is 11.6. The number of nitrogens with zero attached hydrogens (tertiary/aromatic N) is 1. The van der Waals surface area contributed by atoms with Gasteiger partial charge in [0.15, 0.2) is 0 Å². The number of hydrogen-bond donors (Lipinski definition) is 2. The van der Waals surface area contributed by atoms with Gasteiger partial charge in [0.2, 0.25) is 5.91 Å². The van der Waals surface area contributed by atoms with Gasteiger partial charge >= 0.3 is 0 Å². The Morgan fingerprint density at radius 3 is 2.72 bits per heavy atom. The van der Waals surface area contributed by atoms with E-state index < -0.39 is 0 Å². The second-order valence-electron chi connectivity index (χ2n) is 3.89. The number of carbonyl (C=O) groups excluding carboxylic acids is 1. The molecule has 0 aliphatic rings. The molecule has 1 amide bonds. The summed E-state index contributed by atoms with van der Waals surface area (Å²) >= 11 is 0. The topological polar surface area (TPSA) is 57.8 Å². The average molecular weight is 241 g/mol. The van der Waals surface area contributed by atoms with Crippen molar-refractivity contribution in [3.05, 3.63) is 53.7 Å². The predicted molar refractivity (Wildman–Crippen MR) is 72.1 cm³/mol. The Morgan fingerprint density at radius 1 is 1.33 bits per heavy atom. The minimum Gasteiger partial charge on any atom is -0.307 e. The molecule has 0 saturated carbocycles. The number of carbonyl (C=O) groups is 1. The van der Waals surface area contributed by atoms with E-state index >= 15 is 0 Å². The molecule has 0 aliphatic carbocycles. The molecule has 1 heterocycles. The van der Waals surface area contributed by atoms with Crippen molar-refractivity contribution in [2.75, 3.05) is 5.32 Å². The molecule has 92 valence electrons. The van der Waals surface area contributed by atoms with Crippen LogP contribution in [0.2, 0.25) is 0 Å². The number of aromatic amines is 1. The van der Waals surface area contributed by atoms with Crippen LogP contribution < -0.4 is 5.32 Å². The highest BCUT2D eigenvalue weighted by Gasteiger charge is 1.97. The van der Waals surface area contributed by atoms with E-state index in [1.54, 1.807) is 18.3 Å². The fraction of sp³-hybridized carbons (Fsp3) is 0.143. The van der Waals surface area contributed by atoms with Crippen molar-refractivity contribution in [1.29, 1.82) is 0 Å². The highest BCUT2D eigenvalue weighted by Crippen LogP contribution is 2.07. The fourth-order valence-corrected chi connectivity index (χ4v) is 1.54. The van der Waals surface area contributed by atoms with Crippen molar-refractivity contribution in [2.24, 2.45) is 0 Å². The number of amides is 1. The molecule has 0 saturated heterocycles. The van der Waals surface area contributed by atoms with Gasteiger partial charge in [-0.2, -0.15) is 5.10 Å². The third-order valence-corrected chi connectivity index (χ3v) is 2.57. The lowest BCUT2D eigenvalue weighted by molar-refractivity contribution is -0.111. The highest BCUT2D eigenvalue weighted by molar-refractivity contribution is 6.01. The summed E-state index contributed by atoms with van der Waals surface area (Å²) in [5.41, 5.74) is 2.29. The Hall–Kier alpha value is -2.36. The maximum Gasteiger partial charge on any atom is 0.249 e. The first-order valence-corrected chi connectivity index (χ1v) is 5.85. The van der Waals surface area contributed by atoms with Gasteiger partial charge in [-0.05, 0) is 23.6 Å². The lowest BCUT2D eigenvalue weighted by Gasteiger charge is -1.98. The number of nitrogens with one attached hydrogen (secondary N) is 2. The van der Waals surface area contributed by atoms with Gasteiger partial charge in [-0.25, -0.2) is 0 Å². The third-order valence-electron chi connectivity index (χ3n) is 2.57. The lowest BCUT2D eigenvalue weighted by Crippen LogP contribution is -2.07. The average Bonchev–Trinajstić information content (AvgIpc) is 2.90. The van der Waals surface area contributed by atoms with Crippen molar-refractivity contribution in [3.8, 4) is 0 Å². The van der Waals surface area contributed by atoms with Crippen LogP contribution in [-0.2, 0) is 11.2 Å². The lowest BCUT2D eigenvalue weighted by atomic mass is 10.1. The van der Waals surface area contributed by atoms with Gasteiger partial charge in [-0.1, -0.05) is 31.2 Å². The Kier molecular flexibility index (Phi) is 3.91. The van der Waals surface area contributed by atoms with Gasteiger partial charge in [-0.3, -0.25) is 9.89 Å². The zero-order valence-corrected chi connectivity index (χ0v) is 10.2. The highest BCUT2D eigenvalue weighted by atomic mass is 16.1. The number of aryl methyl sites for hydroxylation is 1. The molecule has 0 radical (unpaired) electrons. The molecule has 2 aromatic rings. The summed E-state index contributed by atoms with van der Waals surface area (Å²) in [5, 5.41) is 9.09. The number of hydrogen-bond acceptors (Lipinski definition) is 2. The number of H-pyrrole nitrogens is 1. The van der Waals surface area contributed by atoms with E-state index in [4.69, 9.17) is 0 Å². The molecule has 1 aromatic heterocycles. The first-order valence-electron chi connectivity index (χ1n) is 5.85. The summed E-state index contributed by atoms with van der Waals surface area (Å²) in [7, 11) is 0. The zero-order chi connectivity index (χ0) is 12.8. The Morgan fingerprint density at radius 2 is 2.11 bits per heavy atom. The smallest absolute Gasteiger partial charge is 0.249 e. The Labute approximate surface area is 106 Å². The molecule has 0 atom stereocenters. The molecule has 0 bridgehead atoms. The molecule has 1 aromatic carbocycles. The molecule has 0 fully saturated rings. The molecular weight excluding hydrogens is 226 g/mol. The quantitative estimate of drug-likeness (QED) is 0.808. The van der Waals surface area contributed by atoms with Gasteiger partial charge < -0.3 is 5.32 Å². The van der Waals surface area contributed by atoms with Crippen molar-refractivity contribution >= 4 is 17.8 Å². The number of benzene rings is 1. The Bertz CT molecular complexity index is 527. The largest absolute Gasteiger partial charge is 0.307 e. The van der Waals surface area contributed by atoms with E-state index in [-0.39, 0.29) is 5.91 Å². The monoisotopic (exact) mass is 241 g/mol. The van der Waals surface area contributed by atoms with E-state index in [0.29, 0.717) is 5.82 Å². The fourth-order valence-electron chi connectivity index (χ4n) is 1.54. The number of anilines is 1. The van der Waals surface area contributed by atoms with Crippen molar-refractivity contribution in [1.82, 2.24) is 10.2 Å². The minimum absolute atomic E-state index is 0.182. The molecule has 4 heteroatoms. The molecule has 2 rings (SSSR count). The zero-order valence-electron chi connectivity index (χ0n) is 10.2. The molecule has 4 nitrogen and oxygen atoms in total. The van der Waals surface area contributed by atoms with Crippen LogP contribution in [0.25, 0.3) is 6.08 Å². The molecule has 0 spiro atoms. The van der Waals surface area contributed by atoms with Crippen LogP contribution in [0.4, 0.5) is 5.82 Å². The van der Waals surface area contributed by atoms with Crippen LogP contribution in [-0.4, -0.2) is 16.1 Å². The summed E-state index contributed by atoms with van der Waals surface area (Å²) in [6, 6.07) is 9.82. The van der Waals surface area contributed by atoms with E-state index in [0.717, 1.165) is 12.0 Å². The van der Waals surface area contributed by atoms with E-state index in [9.17, 15) is 4.79 Å². The van der Waals surface area contributed by atoms with E-state index in [2.05, 4.69) is 34.6 Å². The summed E-state index contributed by atoms with van der Waals surface area (Å²) in [6.45, 7) is 2.11. The molecule has 0 aliphatic heterocycles. The SMILES string of the molecule is CCc1ccc(C=CC(=O)Nc2ccn[nH]2)cc1. The first kappa shape index (κ1) is 12.1. The molecular formula is C14H15N3O. The standard InChI is InChI=1S/C14H15N3O/c1-2-11-3-5-12(6-4-11)7-8-14(18)16-13-9-10-15-17-13/h3-10H,2H2,1H3,(H2,15,16,17,18). The summed E-state index contributed by atoms with van der Waals surface area (Å²) in [5.74, 6) is 0.407. The van der Waals surface area contributed by atoms with Crippen LogP contribution in [0.3, 0.4) is 0 Å². The summed E-state index contributed by atoms with van der Waals surface area (Å²) in [4.78, 5) is 11.6. The van der Waals surface area contributed by atoms with Crippen LogP contribution in [0.5, 0.6) is 0 Å².